The van der Waals surface area contributed by atoms with Crippen molar-refractivity contribution in [2.24, 2.45) is 17.8 Å². The number of hydrogen-bond acceptors (Lipinski definition) is 1. The lowest BCUT2D eigenvalue weighted by Gasteiger charge is -2.45. The van der Waals surface area contributed by atoms with Gasteiger partial charge in [-0.15, -0.1) is 0 Å². The molecule has 112 valence electrons. The Labute approximate surface area is 120 Å². The Hall–Kier alpha value is -0.960. The normalized spacial score (nSPS) is 30.8. The zero-order valence-corrected chi connectivity index (χ0v) is 12.5. The predicted octanol–water partition coefficient (Wildman–Crippen LogP) is 4.33. The third kappa shape index (κ3) is 3.20. The zero-order chi connectivity index (χ0) is 14.9. The Morgan fingerprint density at radius 2 is 1.95 bits per heavy atom. The highest BCUT2D eigenvalue weighted by molar-refractivity contribution is 5.20. The fourth-order valence-electron chi connectivity index (χ4n) is 3.75. The molecule has 1 aromatic carbocycles. The summed E-state index contributed by atoms with van der Waals surface area (Å²) in [5.41, 5.74) is -0.137. The van der Waals surface area contributed by atoms with E-state index in [9.17, 15) is 13.9 Å². The Morgan fingerprint density at radius 3 is 2.55 bits per heavy atom. The Morgan fingerprint density at radius 1 is 1.25 bits per heavy atom. The van der Waals surface area contributed by atoms with Crippen LogP contribution in [0.5, 0.6) is 0 Å². The quantitative estimate of drug-likeness (QED) is 0.875. The Kier molecular flexibility index (Phi) is 4.48. The van der Waals surface area contributed by atoms with Gasteiger partial charge in [0.2, 0.25) is 0 Å². The van der Waals surface area contributed by atoms with E-state index in [0.717, 1.165) is 25.3 Å². The second-order valence-electron chi connectivity index (χ2n) is 6.77. The molecule has 0 radical (unpaired) electrons. The van der Waals surface area contributed by atoms with E-state index in [2.05, 4.69) is 20.8 Å². The first-order valence-corrected chi connectivity index (χ1v) is 7.48. The zero-order valence-electron chi connectivity index (χ0n) is 12.5. The van der Waals surface area contributed by atoms with Gasteiger partial charge in [-0.25, -0.2) is 8.78 Å². The molecular weight excluding hydrogens is 258 g/mol. The second kappa shape index (κ2) is 5.80. The summed E-state index contributed by atoms with van der Waals surface area (Å²) in [6.45, 7) is 6.39. The number of rotatable bonds is 3. The SMILES string of the molecule is CC1CCC(C(C)C)C(O)(Cc2ccc(F)c(F)c2)C1. The summed E-state index contributed by atoms with van der Waals surface area (Å²) in [6.07, 6.45) is 3.26. The molecule has 2 rings (SSSR count). The molecule has 0 amide bonds. The maximum Gasteiger partial charge on any atom is 0.159 e. The molecule has 1 aromatic rings. The van der Waals surface area contributed by atoms with Crippen molar-refractivity contribution >= 4 is 0 Å². The molecule has 3 atom stereocenters. The molecule has 0 aliphatic heterocycles. The summed E-state index contributed by atoms with van der Waals surface area (Å²) in [6, 6.07) is 3.93. The molecule has 0 aromatic heterocycles. The van der Waals surface area contributed by atoms with Gasteiger partial charge >= 0.3 is 0 Å². The minimum Gasteiger partial charge on any atom is -0.389 e. The molecule has 0 saturated heterocycles. The van der Waals surface area contributed by atoms with Crippen molar-refractivity contribution in [3.8, 4) is 0 Å². The van der Waals surface area contributed by atoms with Crippen LogP contribution in [0.2, 0.25) is 0 Å². The standard InChI is InChI=1S/C17H24F2O/c1-11(2)14-6-4-12(3)9-17(14,20)10-13-5-7-15(18)16(19)8-13/h5,7-8,11-12,14,20H,4,6,9-10H2,1-3H3. The van der Waals surface area contributed by atoms with Gasteiger partial charge in [0.15, 0.2) is 11.6 Å². The number of hydrogen-bond donors (Lipinski definition) is 1. The molecule has 1 aliphatic rings. The van der Waals surface area contributed by atoms with Gasteiger partial charge in [0, 0.05) is 6.42 Å². The highest BCUT2D eigenvalue weighted by atomic mass is 19.2. The number of halogens is 2. The van der Waals surface area contributed by atoms with Crippen LogP contribution in [0.25, 0.3) is 0 Å². The highest BCUT2D eigenvalue weighted by Crippen LogP contribution is 2.42. The van der Waals surface area contributed by atoms with Crippen LogP contribution in [-0.4, -0.2) is 10.7 Å². The molecule has 20 heavy (non-hydrogen) atoms. The molecule has 1 aliphatic carbocycles. The molecule has 1 N–H and O–H groups in total. The van der Waals surface area contributed by atoms with Crippen LogP contribution in [0.3, 0.4) is 0 Å². The minimum atomic E-state index is -0.837. The smallest absolute Gasteiger partial charge is 0.159 e. The van der Waals surface area contributed by atoms with Crippen LogP contribution in [-0.2, 0) is 6.42 Å². The third-order valence-corrected chi connectivity index (χ3v) is 4.66. The van der Waals surface area contributed by atoms with Crippen molar-refractivity contribution in [2.75, 3.05) is 0 Å². The van der Waals surface area contributed by atoms with Gasteiger partial charge in [0.25, 0.3) is 0 Å². The summed E-state index contributed by atoms with van der Waals surface area (Å²) >= 11 is 0. The summed E-state index contributed by atoms with van der Waals surface area (Å²) in [7, 11) is 0. The first-order chi connectivity index (χ1) is 9.32. The monoisotopic (exact) mass is 282 g/mol. The van der Waals surface area contributed by atoms with Gasteiger partial charge in [-0.3, -0.25) is 0 Å². The molecule has 0 heterocycles. The van der Waals surface area contributed by atoms with Crippen LogP contribution >= 0.6 is 0 Å². The van der Waals surface area contributed by atoms with Gasteiger partial charge in [-0.05, 0) is 48.3 Å². The highest BCUT2D eigenvalue weighted by Gasteiger charge is 2.42. The van der Waals surface area contributed by atoms with Crippen molar-refractivity contribution in [1.29, 1.82) is 0 Å². The van der Waals surface area contributed by atoms with Crippen LogP contribution in [0.15, 0.2) is 18.2 Å². The van der Waals surface area contributed by atoms with E-state index in [4.69, 9.17) is 0 Å². The maximum absolute atomic E-state index is 13.3. The van der Waals surface area contributed by atoms with E-state index in [0.29, 0.717) is 23.8 Å². The largest absolute Gasteiger partial charge is 0.389 e. The van der Waals surface area contributed by atoms with Gasteiger partial charge in [-0.1, -0.05) is 33.3 Å². The summed E-state index contributed by atoms with van der Waals surface area (Å²) in [4.78, 5) is 0. The van der Waals surface area contributed by atoms with E-state index in [1.54, 1.807) is 6.07 Å². The van der Waals surface area contributed by atoms with Crippen LogP contribution in [0.1, 0.15) is 45.6 Å². The average molecular weight is 282 g/mol. The first-order valence-electron chi connectivity index (χ1n) is 7.48. The second-order valence-corrected chi connectivity index (χ2v) is 6.77. The van der Waals surface area contributed by atoms with Gasteiger partial charge < -0.3 is 5.11 Å². The average Bonchev–Trinajstić information content (AvgIpc) is 2.32. The lowest BCUT2D eigenvalue weighted by Crippen LogP contribution is -2.47. The van der Waals surface area contributed by atoms with Gasteiger partial charge in [0.1, 0.15) is 0 Å². The maximum atomic E-state index is 13.3. The number of benzene rings is 1. The predicted molar refractivity (Wildman–Crippen MR) is 76.4 cm³/mol. The van der Waals surface area contributed by atoms with Crippen LogP contribution < -0.4 is 0 Å². The first kappa shape index (κ1) is 15.4. The van der Waals surface area contributed by atoms with E-state index in [-0.39, 0.29) is 5.92 Å². The van der Waals surface area contributed by atoms with E-state index < -0.39 is 17.2 Å². The molecule has 3 heteroatoms. The summed E-state index contributed by atoms with van der Waals surface area (Å²) in [5.74, 6) is -0.598. The third-order valence-electron chi connectivity index (χ3n) is 4.66. The Balaban J connectivity index is 2.24. The fraction of sp³-hybridized carbons (Fsp3) is 0.647. The molecule has 1 nitrogen and oxygen atoms in total. The summed E-state index contributed by atoms with van der Waals surface area (Å²) < 4.78 is 26.3. The lowest BCUT2D eigenvalue weighted by atomic mass is 9.65. The molecular formula is C17H24F2O. The minimum absolute atomic E-state index is 0.215. The van der Waals surface area contributed by atoms with Crippen LogP contribution in [0, 0.1) is 29.4 Å². The fourth-order valence-corrected chi connectivity index (χ4v) is 3.75. The summed E-state index contributed by atoms with van der Waals surface area (Å²) in [5, 5.41) is 11.1. The molecule has 0 spiro atoms. The van der Waals surface area contributed by atoms with Crippen molar-refractivity contribution in [2.45, 2.75) is 52.1 Å². The van der Waals surface area contributed by atoms with Crippen molar-refractivity contribution in [3.05, 3.63) is 35.4 Å². The van der Waals surface area contributed by atoms with Gasteiger partial charge in [-0.2, -0.15) is 0 Å². The molecule has 1 fully saturated rings. The molecule has 1 saturated carbocycles. The van der Waals surface area contributed by atoms with Crippen LogP contribution in [0.4, 0.5) is 8.78 Å². The van der Waals surface area contributed by atoms with Crippen molar-refractivity contribution < 1.29 is 13.9 Å². The van der Waals surface area contributed by atoms with Gasteiger partial charge in [0.05, 0.1) is 5.60 Å². The molecule has 3 unspecified atom stereocenters. The van der Waals surface area contributed by atoms with Crippen molar-refractivity contribution in [3.63, 3.8) is 0 Å². The molecule has 0 bridgehead atoms. The van der Waals surface area contributed by atoms with E-state index in [1.165, 1.54) is 6.07 Å². The van der Waals surface area contributed by atoms with Crippen molar-refractivity contribution in [1.82, 2.24) is 0 Å². The van der Waals surface area contributed by atoms with E-state index >= 15 is 0 Å². The van der Waals surface area contributed by atoms with E-state index in [1.807, 2.05) is 0 Å². The topological polar surface area (TPSA) is 20.2 Å². The Bertz CT molecular complexity index is 472. The number of aliphatic hydroxyl groups is 1. The lowest BCUT2D eigenvalue weighted by molar-refractivity contribution is -0.0795.